The molecule has 0 radical (unpaired) electrons. The molecule has 1 N–H and O–H groups in total. The maximum Gasteiger partial charge on any atom is 0.226 e. The Balaban J connectivity index is 0.795. The lowest BCUT2D eigenvalue weighted by molar-refractivity contribution is 0.669. The third-order valence-electron chi connectivity index (χ3n) is 15.2. The highest BCUT2D eigenvalue weighted by atomic mass is 35.5. The number of aromatic nitrogens is 4. The summed E-state index contributed by atoms with van der Waals surface area (Å²) >= 11 is 8.54. The van der Waals surface area contributed by atoms with Crippen molar-refractivity contribution in [3.8, 4) is 78.4 Å². The molecule has 0 amide bonds. The molecule has 0 fully saturated rings. The summed E-state index contributed by atoms with van der Waals surface area (Å²) in [7, 11) is 0. The number of para-hydroxylation sites is 4. The molecule has 77 heavy (non-hydrogen) atoms. The summed E-state index contributed by atoms with van der Waals surface area (Å²) in [4.78, 5) is 18.2. The number of hydrogen-bond acceptors (Lipinski definition) is 6. The number of nitrogens with zero attached hydrogens (tertiary/aromatic N) is 3. The average Bonchev–Trinajstić information content (AvgIpc) is 4.33. The third kappa shape index (κ3) is 7.12. The fourth-order valence-corrected chi connectivity index (χ4v) is 13.1. The van der Waals surface area contributed by atoms with Crippen LogP contribution in [0.4, 0.5) is 0 Å². The van der Waals surface area contributed by atoms with Crippen LogP contribution in [0.3, 0.4) is 0 Å². The number of hydrogen-bond donors (Lipinski definition) is 1. The van der Waals surface area contributed by atoms with Crippen molar-refractivity contribution >= 4 is 109 Å². The summed E-state index contributed by atoms with van der Waals surface area (Å²) in [6.45, 7) is 0. The van der Waals surface area contributed by atoms with Crippen LogP contribution < -0.4 is 0 Å². The lowest BCUT2D eigenvalue weighted by atomic mass is 9.92. The molecule has 16 aromatic rings. The standard InChI is InChI=1S/C69H39ClN4O2S/c70-69-73-67(42-28-30-52-50-16-6-8-25-60(50)75-62(52)37-42)72-68(74-69)57-18-5-4-15-46(57)41-27-31-53-56-24-12-21-49(66(56)77-63(53)38-41)45-34-43(39-13-2-1-3-14-39)33-44(35-45)47-19-10-22-54-58-36-40(29-32-59(58)71-64(47)54)48-20-11-23-55-51-17-7-9-26-61(51)76-65(48)55/h1-38,71H. The van der Waals surface area contributed by atoms with Gasteiger partial charge in [0.05, 0.1) is 5.52 Å². The molecule has 0 saturated heterocycles. The molecule has 0 aliphatic heterocycles. The number of H-pyrrole nitrogens is 1. The molecule has 0 saturated carbocycles. The second-order valence-corrected chi connectivity index (χ2v) is 21.1. The van der Waals surface area contributed by atoms with Crippen molar-refractivity contribution in [2.75, 3.05) is 0 Å². The van der Waals surface area contributed by atoms with Crippen molar-refractivity contribution in [2.45, 2.75) is 0 Å². The molecule has 16 rings (SSSR count). The van der Waals surface area contributed by atoms with E-state index in [1.165, 1.54) is 36.5 Å². The second kappa shape index (κ2) is 17.2. The highest BCUT2D eigenvalue weighted by Crippen LogP contribution is 2.46. The first-order chi connectivity index (χ1) is 38.0. The molecular weight excluding hydrogens is 984 g/mol. The van der Waals surface area contributed by atoms with Gasteiger partial charge in [-0.3, -0.25) is 0 Å². The van der Waals surface area contributed by atoms with E-state index >= 15 is 0 Å². The van der Waals surface area contributed by atoms with Gasteiger partial charge in [0.25, 0.3) is 0 Å². The Bertz CT molecular complexity index is 5090. The average molecular weight is 1020 g/mol. The zero-order chi connectivity index (χ0) is 50.7. The monoisotopic (exact) mass is 1020 g/mol. The van der Waals surface area contributed by atoms with E-state index < -0.39 is 0 Å². The number of fused-ring (bicyclic) bond motifs is 12. The Morgan fingerprint density at radius 1 is 0.338 bits per heavy atom. The van der Waals surface area contributed by atoms with Crippen LogP contribution in [-0.4, -0.2) is 19.9 Å². The minimum atomic E-state index is 0.123. The van der Waals surface area contributed by atoms with Gasteiger partial charge in [0, 0.05) is 80.3 Å². The molecular formula is C69H39ClN4O2S. The van der Waals surface area contributed by atoms with Crippen LogP contribution in [0.15, 0.2) is 239 Å². The van der Waals surface area contributed by atoms with Crippen LogP contribution in [-0.2, 0) is 0 Å². The van der Waals surface area contributed by atoms with Gasteiger partial charge in [-0.1, -0.05) is 170 Å². The minimum absolute atomic E-state index is 0.123. The number of rotatable bonds is 7. The maximum atomic E-state index is 6.71. The predicted molar refractivity (Wildman–Crippen MR) is 320 cm³/mol. The van der Waals surface area contributed by atoms with E-state index in [4.69, 9.17) is 25.4 Å². The molecule has 6 nitrogen and oxygen atoms in total. The zero-order valence-corrected chi connectivity index (χ0v) is 42.5. The van der Waals surface area contributed by atoms with Gasteiger partial charge in [0.15, 0.2) is 11.6 Å². The highest BCUT2D eigenvalue weighted by molar-refractivity contribution is 7.26. The summed E-state index contributed by atoms with van der Waals surface area (Å²) in [6.07, 6.45) is 0. The number of aromatic amines is 1. The Labute approximate surface area is 449 Å². The van der Waals surface area contributed by atoms with Crippen LogP contribution in [0.5, 0.6) is 0 Å². The summed E-state index contributed by atoms with van der Waals surface area (Å²) in [5.41, 5.74) is 18.4. The van der Waals surface area contributed by atoms with Crippen LogP contribution in [0, 0.1) is 0 Å². The Morgan fingerprint density at radius 3 is 1.79 bits per heavy atom. The van der Waals surface area contributed by atoms with E-state index in [0.717, 1.165) is 116 Å². The fraction of sp³-hybridized carbons (Fsp3) is 0. The van der Waals surface area contributed by atoms with Crippen molar-refractivity contribution in [2.24, 2.45) is 0 Å². The molecule has 8 heteroatoms. The number of nitrogens with one attached hydrogen (secondary N) is 1. The van der Waals surface area contributed by atoms with E-state index in [-0.39, 0.29) is 5.28 Å². The van der Waals surface area contributed by atoms with Gasteiger partial charge in [0.2, 0.25) is 5.28 Å². The van der Waals surface area contributed by atoms with Gasteiger partial charge in [-0.05, 0) is 117 Å². The molecule has 0 bridgehead atoms. The Hall–Kier alpha value is -9.66. The Kier molecular flexibility index (Phi) is 9.76. The van der Waals surface area contributed by atoms with Crippen LogP contribution >= 0.6 is 22.9 Å². The summed E-state index contributed by atoms with van der Waals surface area (Å²) in [6, 6.07) is 81.6. The van der Waals surface area contributed by atoms with Crippen molar-refractivity contribution in [1.82, 2.24) is 19.9 Å². The molecule has 0 unspecified atom stereocenters. The topological polar surface area (TPSA) is 80.7 Å². The van der Waals surface area contributed by atoms with Crippen molar-refractivity contribution < 1.29 is 8.83 Å². The molecule has 360 valence electrons. The largest absolute Gasteiger partial charge is 0.456 e. The molecule has 5 aromatic heterocycles. The molecule has 0 atom stereocenters. The van der Waals surface area contributed by atoms with Gasteiger partial charge in [-0.2, -0.15) is 9.97 Å². The van der Waals surface area contributed by atoms with Crippen LogP contribution in [0.25, 0.3) is 164 Å². The first kappa shape index (κ1) is 43.7. The SMILES string of the molecule is Clc1nc(-c2ccc3c(c2)oc2ccccc23)nc(-c2ccccc2-c2ccc3c(c2)sc2c(-c4cc(-c5ccccc5)cc(-c5cccc6c5[nH]c5ccc(-c7cccc8c7oc7ccccc78)cc56)c4)cccc23)n1. The summed E-state index contributed by atoms with van der Waals surface area (Å²) in [5.74, 6) is 0.975. The van der Waals surface area contributed by atoms with E-state index in [1.54, 1.807) is 0 Å². The lowest BCUT2D eigenvalue weighted by Gasteiger charge is -2.13. The number of benzene rings is 11. The third-order valence-corrected chi connectivity index (χ3v) is 16.6. The van der Waals surface area contributed by atoms with Crippen molar-refractivity contribution in [3.05, 3.63) is 236 Å². The summed E-state index contributed by atoms with van der Waals surface area (Å²) in [5, 5.41) is 9.24. The van der Waals surface area contributed by atoms with E-state index in [0.29, 0.717) is 11.6 Å². The molecule has 0 aliphatic carbocycles. The van der Waals surface area contributed by atoms with Crippen molar-refractivity contribution in [1.29, 1.82) is 0 Å². The highest BCUT2D eigenvalue weighted by Gasteiger charge is 2.20. The van der Waals surface area contributed by atoms with Crippen LogP contribution in [0.1, 0.15) is 0 Å². The van der Waals surface area contributed by atoms with E-state index in [1.807, 2.05) is 59.9 Å². The van der Waals surface area contributed by atoms with Gasteiger partial charge in [-0.25, -0.2) is 4.98 Å². The van der Waals surface area contributed by atoms with Gasteiger partial charge in [0.1, 0.15) is 22.3 Å². The first-order valence-corrected chi connectivity index (χ1v) is 26.8. The molecule has 0 spiro atoms. The second-order valence-electron chi connectivity index (χ2n) is 19.7. The smallest absolute Gasteiger partial charge is 0.226 e. The van der Waals surface area contributed by atoms with E-state index in [2.05, 4.69) is 197 Å². The zero-order valence-electron chi connectivity index (χ0n) is 40.9. The quantitative estimate of drug-likeness (QED) is 0.172. The number of thiophene rings is 1. The molecule has 5 heterocycles. The van der Waals surface area contributed by atoms with Crippen molar-refractivity contribution in [3.63, 3.8) is 0 Å². The predicted octanol–water partition coefficient (Wildman–Crippen LogP) is 20.0. The lowest BCUT2D eigenvalue weighted by Crippen LogP contribution is -1.98. The summed E-state index contributed by atoms with van der Waals surface area (Å²) < 4.78 is 15.1. The molecule has 11 aromatic carbocycles. The Morgan fingerprint density at radius 2 is 0.935 bits per heavy atom. The van der Waals surface area contributed by atoms with E-state index in [9.17, 15) is 0 Å². The van der Waals surface area contributed by atoms with Gasteiger partial charge >= 0.3 is 0 Å². The number of furan rings is 2. The minimum Gasteiger partial charge on any atom is -0.456 e. The normalized spacial score (nSPS) is 12.0. The van der Waals surface area contributed by atoms with Crippen LogP contribution in [0.2, 0.25) is 5.28 Å². The maximum absolute atomic E-state index is 6.71. The van der Waals surface area contributed by atoms with Gasteiger partial charge < -0.3 is 13.8 Å². The van der Waals surface area contributed by atoms with Gasteiger partial charge in [-0.15, -0.1) is 11.3 Å². The fourth-order valence-electron chi connectivity index (χ4n) is 11.6. The first-order valence-electron chi connectivity index (χ1n) is 25.6. The molecule has 0 aliphatic rings. The number of halogens is 1.